The third-order valence-electron chi connectivity index (χ3n) is 2.74. The summed E-state index contributed by atoms with van der Waals surface area (Å²) in [7, 11) is 0. The molecule has 1 aromatic heterocycles. The number of nitrogens with two attached hydrogens (primary N) is 1. The fourth-order valence-corrected chi connectivity index (χ4v) is 3.16. The Morgan fingerprint density at radius 1 is 1.59 bits per heavy atom. The second kappa shape index (κ2) is 5.20. The van der Waals surface area contributed by atoms with Crippen molar-refractivity contribution in [1.82, 2.24) is 4.98 Å². The van der Waals surface area contributed by atoms with Crippen molar-refractivity contribution in [2.24, 2.45) is 5.73 Å². The summed E-state index contributed by atoms with van der Waals surface area (Å²) < 4.78 is 0. The maximum absolute atomic E-state index is 10.7. The molecule has 0 aromatic carbocycles. The number of thiazole rings is 1. The SMILES string of the molecule is NC(Cc1sc(N2CCCC2)nc1Cl)C(=O)O. The predicted octanol–water partition coefficient (Wildman–Crippen LogP) is 1.35. The monoisotopic (exact) mass is 275 g/mol. The van der Waals surface area contributed by atoms with Crippen LogP contribution in [0.4, 0.5) is 5.13 Å². The van der Waals surface area contributed by atoms with E-state index < -0.39 is 12.0 Å². The molecule has 1 aliphatic heterocycles. The second-order valence-corrected chi connectivity index (χ2v) is 5.47. The van der Waals surface area contributed by atoms with Crippen molar-refractivity contribution < 1.29 is 9.90 Å². The lowest BCUT2D eigenvalue weighted by molar-refractivity contribution is -0.138. The molecule has 0 saturated carbocycles. The maximum atomic E-state index is 10.7. The fraction of sp³-hybridized carbons (Fsp3) is 0.600. The van der Waals surface area contributed by atoms with Crippen LogP contribution in [0, 0.1) is 0 Å². The first-order chi connectivity index (χ1) is 8.08. The maximum Gasteiger partial charge on any atom is 0.320 e. The summed E-state index contributed by atoms with van der Waals surface area (Å²) in [5.74, 6) is -1.02. The lowest BCUT2D eigenvalue weighted by Gasteiger charge is -2.12. The molecule has 2 heterocycles. The van der Waals surface area contributed by atoms with Gasteiger partial charge in [-0.05, 0) is 12.8 Å². The normalized spacial score (nSPS) is 17.4. The molecule has 1 aliphatic rings. The van der Waals surface area contributed by atoms with Crippen LogP contribution < -0.4 is 10.6 Å². The molecule has 0 amide bonds. The number of carboxylic acids is 1. The number of halogens is 1. The van der Waals surface area contributed by atoms with Crippen LogP contribution >= 0.6 is 22.9 Å². The molecule has 0 bridgehead atoms. The molecule has 1 saturated heterocycles. The van der Waals surface area contributed by atoms with Gasteiger partial charge in [0, 0.05) is 24.4 Å². The van der Waals surface area contributed by atoms with E-state index in [1.807, 2.05) is 0 Å². The first kappa shape index (κ1) is 12.6. The minimum atomic E-state index is -1.02. The smallest absolute Gasteiger partial charge is 0.320 e. The summed E-state index contributed by atoms with van der Waals surface area (Å²) in [4.78, 5) is 17.9. The Balaban J connectivity index is 2.10. The number of hydrogen-bond donors (Lipinski definition) is 2. The zero-order valence-electron chi connectivity index (χ0n) is 9.23. The summed E-state index contributed by atoms with van der Waals surface area (Å²) in [6.07, 6.45) is 2.57. The van der Waals surface area contributed by atoms with Crippen LogP contribution in [0.2, 0.25) is 5.15 Å². The van der Waals surface area contributed by atoms with Crippen LogP contribution in [0.5, 0.6) is 0 Å². The topological polar surface area (TPSA) is 79.5 Å². The number of hydrogen-bond acceptors (Lipinski definition) is 5. The number of aliphatic carboxylic acids is 1. The van der Waals surface area contributed by atoms with Gasteiger partial charge in [-0.2, -0.15) is 0 Å². The van der Waals surface area contributed by atoms with E-state index in [-0.39, 0.29) is 6.42 Å². The van der Waals surface area contributed by atoms with Crippen LogP contribution in [0.15, 0.2) is 0 Å². The summed E-state index contributed by atoms with van der Waals surface area (Å²) >= 11 is 7.44. The van der Waals surface area contributed by atoms with E-state index >= 15 is 0 Å². The minimum Gasteiger partial charge on any atom is -0.480 e. The molecule has 5 nitrogen and oxygen atoms in total. The molecule has 1 aromatic rings. The molecule has 0 spiro atoms. The Bertz CT molecular complexity index is 418. The highest BCUT2D eigenvalue weighted by molar-refractivity contribution is 7.16. The minimum absolute atomic E-state index is 0.236. The molecule has 1 unspecified atom stereocenters. The van der Waals surface area contributed by atoms with E-state index in [1.165, 1.54) is 24.2 Å². The zero-order valence-corrected chi connectivity index (χ0v) is 10.8. The van der Waals surface area contributed by atoms with Gasteiger partial charge in [-0.3, -0.25) is 4.79 Å². The van der Waals surface area contributed by atoms with Crippen LogP contribution in [0.3, 0.4) is 0 Å². The molecule has 1 fully saturated rings. The first-order valence-corrected chi connectivity index (χ1v) is 6.66. The van der Waals surface area contributed by atoms with E-state index in [0.717, 1.165) is 23.1 Å². The Morgan fingerprint density at radius 3 is 2.82 bits per heavy atom. The lowest BCUT2D eigenvalue weighted by Crippen LogP contribution is -2.32. The van der Waals surface area contributed by atoms with Crippen LogP contribution in [0.1, 0.15) is 17.7 Å². The quantitative estimate of drug-likeness (QED) is 0.867. The summed E-state index contributed by atoms with van der Waals surface area (Å²) in [5.41, 5.74) is 5.49. The van der Waals surface area contributed by atoms with E-state index in [4.69, 9.17) is 22.4 Å². The van der Waals surface area contributed by atoms with Crippen molar-refractivity contribution in [2.45, 2.75) is 25.3 Å². The zero-order chi connectivity index (χ0) is 12.4. The van der Waals surface area contributed by atoms with Gasteiger partial charge in [0.25, 0.3) is 0 Å². The highest BCUT2D eigenvalue weighted by atomic mass is 35.5. The second-order valence-electron chi connectivity index (χ2n) is 4.05. The summed E-state index contributed by atoms with van der Waals surface area (Å²) in [6.45, 7) is 1.99. The van der Waals surface area contributed by atoms with Gasteiger partial charge in [-0.15, -0.1) is 11.3 Å². The number of carbonyl (C=O) groups is 1. The molecule has 0 aliphatic carbocycles. The summed E-state index contributed by atoms with van der Waals surface area (Å²) in [5, 5.41) is 10.0. The van der Waals surface area contributed by atoms with Crippen LogP contribution in [-0.2, 0) is 11.2 Å². The number of nitrogens with zero attached hydrogens (tertiary/aromatic N) is 2. The molecule has 94 valence electrons. The van der Waals surface area contributed by atoms with E-state index in [9.17, 15) is 4.79 Å². The molecule has 7 heteroatoms. The van der Waals surface area contributed by atoms with Crippen molar-refractivity contribution in [1.29, 1.82) is 0 Å². The van der Waals surface area contributed by atoms with Crippen molar-refractivity contribution in [2.75, 3.05) is 18.0 Å². The fourth-order valence-electron chi connectivity index (χ4n) is 1.78. The standard InChI is InChI=1S/C10H14ClN3O2S/c11-8-7(5-6(12)9(15)16)17-10(13-8)14-3-1-2-4-14/h6H,1-5,12H2,(H,15,16). The summed E-state index contributed by atoms with van der Waals surface area (Å²) in [6, 6.07) is -0.917. The number of carboxylic acid groups (broad SMARTS) is 1. The lowest BCUT2D eigenvalue weighted by atomic mass is 10.2. The third kappa shape index (κ3) is 2.88. The van der Waals surface area contributed by atoms with Gasteiger partial charge in [0.05, 0.1) is 0 Å². The van der Waals surface area contributed by atoms with E-state index in [0.29, 0.717) is 5.15 Å². The van der Waals surface area contributed by atoms with Gasteiger partial charge >= 0.3 is 5.97 Å². The molecular weight excluding hydrogens is 262 g/mol. The molecule has 17 heavy (non-hydrogen) atoms. The van der Waals surface area contributed by atoms with Gasteiger partial charge in [0.2, 0.25) is 0 Å². The highest BCUT2D eigenvalue weighted by Gasteiger charge is 2.21. The van der Waals surface area contributed by atoms with Gasteiger partial charge < -0.3 is 15.7 Å². The van der Waals surface area contributed by atoms with Crippen LogP contribution in [0.25, 0.3) is 0 Å². The largest absolute Gasteiger partial charge is 0.480 e. The number of rotatable bonds is 4. The Morgan fingerprint density at radius 2 is 2.24 bits per heavy atom. The number of aromatic nitrogens is 1. The first-order valence-electron chi connectivity index (χ1n) is 5.46. The van der Waals surface area contributed by atoms with Gasteiger partial charge in [-0.1, -0.05) is 11.6 Å². The average Bonchev–Trinajstić information content (AvgIpc) is 2.88. The van der Waals surface area contributed by atoms with Crippen molar-refractivity contribution in [3.05, 3.63) is 10.0 Å². The van der Waals surface area contributed by atoms with Gasteiger partial charge in [-0.25, -0.2) is 4.98 Å². The Labute approximate surface area is 108 Å². The van der Waals surface area contributed by atoms with Crippen molar-refractivity contribution in [3.63, 3.8) is 0 Å². The molecular formula is C10H14ClN3O2S. The predicted molar refractivity (Wildman–Crippen MR) is 67.9 cm³/mol. The average molecular weight is 276 g/mol. The van der Waals surface area contributed by atoms with Crippen LogP contribution in [-0.4, -0.2) is 35.2 Å². The Kier molecular flexibility index (Phi) is 3.86. The van der Waals surface area contributed by atoms with Crippen molar-refractivity contribution >= 4 is 34.0 Å². The van der Waals surface area contributed by atoms with Crippen molar-refractivity contribution in [3.8, 4) is 0 Å². The number of anilines is 1. The third-order valence-corrected chi connectivity index (χ3v) is 4.30. The highest BCUT2D eigenvalue weighted by Crippen LogP contribution is 2.32. The van der Waals surface area contributed by atoms with Gasteiger partial charge in [0.1, 0.15) is 11.2 Å². The molecule has 3 N–H and O–H groups in total. The van der Waals surface area contributed by atoms with E-state index in [2.05, 4.69) is 9.88 Å². The van der Waals surface area contributed by atoms with E-state index in [1.54, 1.807) is 0 Å². The Hall–Kier alpha value is -0.850. The molecule has 0 radical (unpaired) electrons. The molecule has 2 rings (SSSR count). The molecule has 1 atom stereocenters. The van der Waals surface area contributed by atoms with Gasteiger partial charge in [0.15, 0.2) is 5.13 Å².